The van der Waals surface area contributed by atoms with Crippen LogP contribution in [0.4, 0.5) is 0 Å². The average molecular weight is 547 g/mol. The number of hydrogen-bond donors (Lipinski definition) is 2. The van der Waals surface area contributed by atoms with Crippen LogP contribution in [-0.2, 0) is 14.3 Å². The van der Waals surface area contributed by atoms with E-state index in [0.29, 0.717) is 42.8 Å². The first kappa shape index (κ1) is 30.8. The Balaban J connectivity index is 1.88. The van der Waals surface area contributed by atoms with Crippen molar-refractivity contribution < 1.29 is 19.1 Å². The maximum absolute atomic E-state index is 13.8. The summed E-state index contributed by atoms with van der Waals surface area (Å²) in [5, 5.41) is 7.63. The van der Waals surface area contributed by atoms with Gasteiger partial charge < -0.3 is 15.4 Å². The number of esters is 1. The number of allylic oxidation sites excluding steroid dienone is 1. The summed E-state index contributed by atoms with van der Waals surface area (Å²) in [5.74, 6) is -1.87. The Hall–Kier alpha value is -3.78. The zero-order valence-corrected chi connectivity index (χ0v) is 24.4. The summed E-state index contributed by atoms with van der Waals surface area (Å²) in [7, 11) is 3.65. The van der Waals surface area contributed by atoms with Crippen molar-refractivity contribution in [2.45, 2.75) is 52.2 Å². The number of rotatable bonds is 10. The number of ether oxygens (including phenoxy) is 1. The topological polar surface area (TPSA) is 117 Å². The van der Waals surface area contributed by atoms with Crippen molar-refractivity contribution in [3.63, 3.8) is 0 Å². The fraction of sp³-hybridized carbons (Fsp3) is 0.438. The second-order valence-electron chi connectivity index (χ2n) is 11.6. The molecule has 2 aromatic rings. The molecule has 8 heteroatoms. The highest BCUT2D eigenvalue weighted by Crippen LogP contribution is 2.32. The lowest BCUT2D eigenvalue weighted by molar-refractivity contribution is -0.166. The minimum Gasteiger partial charge on any atom is -0.459 e. The van der Waals surface area contributed by atoms with Crippen LogP contribution in [0.3, 0.4) is 0 Å². The molecule has 214 valence electrons. The lowest BCUT2D eigenvalue weighted by Gasteiger charge is -2.38. The molecule has 1 aliphatic rings. The first-order chi connectivity index (χ1) is 18.8. The van der Waals surface area contributed by atoms with Crippen LogP contribution in [0.25, 0.3) is 6.08 Å². The molecule has 0 aromatic heterocycles. The van der Waals surface area contributed by atoms with Gasteiger partial charge in [-0.25, -0.2) is 0 Å². The first-order valence-corrected chi connectivity index (χ1v) is 13.7. The number of nitrogen functional groups attached to an aromatic ring is 1. The monoisotopic (exact) mass is 546 g/mol. The fourth-order valence-corrected chi connectivity index (χ4v) is 4.85. The Labute approximate surface area is 237 Å². The molecule has 0 saturated carbocycles. The van der Waals surface area contributed by atoms with E-state index in [2.05, 4.69) is 0 Å². The molecule has 3 N–H and O–H groups in total. The number of piperidine rings is 1. The van der Waals surface area contributed by atoms with Crippen LogP contribution in [0.2, 0.25) is 0 Å². The highest BCUT2D eigenvalue weighted by atomic mass is 16.6. The number of nitrogens with one attached hydrogen (secondary N) is 1. The highest BCUT2D eigenvalue weighted by molar-refractivity contribution is 6.11. The van der Waals surface area contributed by atoms with Crippen molar-refractivity contribution in [2.24, 2.45) is 17.6 Å². The van der Waals surface area contributed by atoms with E-state index >= 15 is 0 Å². The van der Waals surface area contributed by atoms with E-state index in [1.807, 2.05) is 67.2 Å². The number of carbonyl (C=O) groups excluding carboxylic acids is 3. The summed E-state index contributed by atoms with van der Waals surface area (Å²) in [4.78, 5) is 44.4. The number of likely N-dealkylation sites (N-methyl/N-ethyl adjacent to an activating group) is 1. The summed E-state index contributed by atoms with van der Waals surface area (Å²) in [6, 6.07) is 15.9. The summed E-state index contributed by atoms with van der Waals surface area (Å²) in [6.07, 6.45) is 3.02. The quantitative estimate of drug-likeness (QED) is 0.113. The molecule has 1 saturated heterocycles. The molecule has 1 fully saturated rings. The van der Waals surface area contributed by atoms with Gasteiger partial charge in [0.1, 0.15) is 17.4 Å². The lowest BCUT2D eigenvalue weighted by Crippen LogP contribution is -2.48. The van der Waals surface area contributed by atoms with Crippen molar-refractivity contribution in [1.82, 2.24) is 9.80 Å². The molecule has 0 amide bonds. The van der Waals surface area contributed by atoms with Gasteiger partial charge in [-0.1, -0.05) is 54.6 Å². The summed E-state index contributed by atoms with van der Waals surface area (Å²) in [6.45, 7) is 8.26. The number of likely N-dealkylation sites (tertiary alicyclic amines) is 1. The normalized spacial score (nSPS) is 16.4. The number of ketones is 2. The second kappa shape index (κ2) is 13.0. The van der Waals surface area contributed by atoms with E-state index in [1.54, 1.807) is 45.0 Å². The smallest absolute Gasteiger partial charge is 0.317 e. The van der Waals surface area contributed by atoms with Gasteiger partial charge in [0, 0.05) is 24.2 Å². The maximum atomic E-state index is 13.8. The number of nitrogens with two attached hydrogens (primary N) is 1. The van der Waals surface area contributed by atoms with Gasteiger partial charge in [0.15, 0.2) is 5.78 Å². The van der Waals surface area contributed by atoms with Gasteiger partial charge >= 0.3 is 5.97 Å². The number of carbonyl (C=O) groups is 3. The van der Waals surface area contributed by atoms with Gasteiger partial charge in [0.2, 0.25) is 5.78 Å². The van der Waals surface area contributed by atoms with Crippen molar-refractivity contribution in [3.8, 4) is 0 Å². The Morgan fingerprint density at radius 3 is 2.05 bits per heavy atom. The third-order valence-corrected chi connectivity index (χ3v) is 7.30. The molecule has 0 radical (unpaired) electrons. The van der Waals surface area contributed by atoms with Crippen LogP contribution < -0.4 is 5.73 Å². The summed E-state index contributed by atoms with van der Waals surface area (Å²) in [5.41, 5.74) is 7.38. The first-order valence-electron chi connectivity index (χ1n) is 13.7. The van der Waals surface area contributed by atoms with E-state index in [9.17, 15) is 14.4 Å². The van der Waals surface area contributed by atoms with Crippen molar-refractivity contribution >= 4 is 29.4 Å². The minimum atomic E-state index is -0.866. The molecule has 40 heavy (non-hydrogen) atoms. The number of benzene rings is 2. The van der Waals surface area contributed by atoms with E-state index in [-0.39, 0.29) is 23.3 Å². The molecular formula is C32H42N4O4. The zero-order valence-electron chi connectivity index (χ0n) is 24.4. The molecular weight excluding hydrogens is 504 g/mol. The third-order valence-electron chi connectivity index (χ3n) is 7.30. The zero-order chi connectivity index (χ0) is 29.6. The van der Waals surface area contributed by atoms with Crippen LogP contribution in [0.15, 0.2) is 60.3 Å². The molecule has 1 aliphatic heterocycles. The lowest BCUT2D eigenvalue weighted by atomic mass is 9.79. The Morgan fingerprint density at radius 1 is 1.00 bits per heavy atom. The third kappa shape index (κ3) is 7.88. The van der Waals surface area contributed by atoms with Crippen molar-refractivity contribution in [3.05, 3.63) is 77.0 Å². The average Bonchev–Trinajstić information content (AvgIpc) is 2.91. The van der Waals surface area contributed by atoms with Crippen LogP contribution in [-0.4, -0.2) is 72.0 Å². The largest absolute Gasteiger partial charge is 0.459 e. The highest BCUT2D eigenvalue weighted by Gasteiger charge is 2.42. The minimum absolute atomic E-state index is 0.0567. The van der Waals surface area contributed by atoms with E-state index < -0.39 is 23.5 Å². The van der Waals surface area contributed by atoms with Gasteiger partial charge in [-0.05, 0) is 72.2 Å². The number of Topliss-reactive ketones (excluding diaryl/α,β-unsaturated/α-hetero) is 2. The Kier molecular flexibility index (Phi) is 10.0. The predicted octanol–water partition coefficient (Wildman–Crippen LogP) is 4.38. The SMILES string of the molecule is C[C@@H](C(=O)C(C(=O)OC(C)(C)C)C1CCN(C(=Cc2ccccc2)C(=O)c2ccc(C(=N)N)cc2)CC1)N(C)C. The molecule has 0 aliphatic carbocycles. The summed E-state index contributed by atoms with van der Waals surface area (Å²) >= 11 is 0. The van der Waals surface area contributed by atoms with Crippen LogP contribution >= 0.6 is 0 Å². The van der Waals surface area contributed by atoms with E-state index in [1.165, 1.54) is 0 Å². The van der Waals surface area contributed by atoms with Crippen LogP contribution in [0, 0.1) is 17.2 Å². The van der Waals surface area contributed by atoms with Gasteiger partial charge in [0.05, 0.1) is 11.7 Å². The van der Waals surface area contributed by atoms with Gasteiger partial charge in [-0.15, -0.1) is 0 Å². The molecule has 3 rings (SSSR count). The molecule has 8 nitrogen and oxygen atoms in total. The number of nitrogens with zero attached hydrogens (tertiary/aromatic N) is 2. The predicted molar refractivity (Wildman–Crippen MR) is 158 cm³/mol. The standard InChI is InChI=1S/C32H42N4O4/c1-21(35(5)6)28(37)27(31(39)40-32(2,3)4)23-16-18-36(19-17-23)26(20-22-10-8-7-9-11-22)29(38)24-12-14-25(15-13-24)30(33)34/h7-15,20-21,23,27H,16-19H2,1-6H3,(H3,33,34)/t21-,27?/m0/s1. The second-order valence-corrected chi connectivity index (χ2v) is 11.6. The molecule has 2 atom stereocenters. The van der Waals surface area contributed by atoms with E-state index in [4.69, 9.17) is 15.9 Å². The van der Waals surface area contributed by atoms with Gasteiger partial charge in [0.25, 0.3) is 0 Å². The maximum Gasteiger partial charge on any atom is 0.317 e. The Morgan fingerprint density at radius 2 is 1.55 bits per heavy atom. The molecule has 0 spiro atoms. The van der Waals surface area contributed by atoms with Crippen LogP contribution in [0.5, 0.6) is 0 Å². The number of amidine groups is 1. The molecule has 0 bridgehead atoms. The Bertz CT molecular complexity index is 1240. The van der Waals surface area contributed by atoms with Gasteiger partial charge in [-0.3, -0.25) is 24.7 Å². The van der Waals surface area contributed by atoms with Crippen LogP contribution in [0.1, 0.15) is 62.0 Å². The molecule has 1 unspecified atom stereocenters. The summed E-state index contributed by atoms with van der Waals surface area (Å²) < 4.78 is 5.70. The number of hydrogen-bond acceptors (Lipinski definition) is 7. The molecule has 2 aromatic carbocycles. The van der Waals surface area contributed by atoms with Gasteiger partial charge in [-0.2, -0.15) is 0 Å². The fourth-order valence-electron chi connectivity index (χ4n) is 4.85. The molecule has 1 heterocycles. The van der Waals surface area contributed by atoms with E-state index in [0.717, 1.165) is 5.56 Å². The van der Waals surface area contributed by atoms with Crippen molar-refractivity contribution in [1.29, 1.82) is 5.41 Å². The van der Waals surface area contributed by atoms with Crippen molar-refractivity contribution in [2.75, 3.05) is 27.2 Å².